The highest BCUT2D eigenvalue weighted by molar-refractivity contribution is 7.92. The molecule has 0 aliphatic rings. The molecule has 2 aromatic rings. The molecule has 0 aromatic heterocycles. The van der Waals surface area contributed by atoms with E-state index >= 15 is 0 Å². The van der Waals surface area contributed by atoms with E-state index in [1.54, 1.807) is 0 Å². The van der Waals surface area contributed by atoms with Gasteiger partial charge in [0.05, 0.1) is 4.90 Å². The summed E-state index contributed by atoms with van der Waals surface area (Å²) in [6.45, 7) is 0. The fourth-order valence-electron chi connectivity index (χ4n) is 1.71. The van der Waals surface area contributed by atoms with Gasteiger partial charge in [-0.05, 0) is 48.5 Å². The molecule has 0 atom stereocenters. The fraction of sp³-hybridized carbons (Fsp3) is 0. The highest BCUT2D eigenvalue weighted by atomic mass is 32.2. The first-order chi connectivity index (χ1) is 10.3. The van der Waals surface area contributed by atoms with Crippen LogP contribution in [0.25, 0.3) is 0 Å². The van der Waals surface area contributed by atoms with Crippen molar-refractivity contribution < 1.29 is 18.0 Å². The first-order valence-corrected chi connectivity index (χ1v) is 7.60. The molecular weight excluding hydrogens is 306 g/mol. The Morgan fingerprint density at radius 1 is 0.773 bits per heavy atom. The van der Waals surface area contributed by atoms with Crippen molar-refractivity contribution in [3.8, 4) is 0 Å². The van der Waals surface area contributed by atoms with E-state index in [2.05, 4.69) is 4.72 Å². The van der Waals surface area contributed by atoms with E-state index in [-0.39, 0.29) is 21.7 Å². The maximum atomic E-state index is 12.2. The second-order valence-electron chi connectivity index (χ2n) is 4.44. The Morgan fingerprint density at radius 3 is 1.59 bits per heavy atom. The van der Waals surface area contributed by atoms with E-state index in [1.807, 2.05) is 0 Å². The summed E-state index contributed by atoms with van der Waals surface area (Å²) >= 11 is 0. The van der Waals surface area contributed by atoms with Crippen molar-refractivity contribution in [2.45, 2.75) is 4.90 Å². The molecule has 0 heterocycles. The summed E-state index contributed by atoms with van der Waals surface area (Å²) in [5.74, 6) is -1.24. The lowest BCUT2D eigenvalue weighted by Gasteiger charge is -2.08. The third-order valence-electron chi connectivity index (χ3n) is 2.87. The molecule has 2 aromatic carbocycles. The Kier molecular flexibility index (Phi) is 4.13. The zero-order valence-corrected chi connectivity index (χ0v) is 12.1. The Morgan fingerprint density at radius 2 is 1.18 bits per heavy atom. The Hall–Kier alpha value is -2.87. The van der Waals surface area contributed by atoms with Crippen molar-refractivity contribution in [1.82, 2.24) is 0 Å². The quantitative estimate of drug-likeness (QED) is 0.747. The molecule has 8 heteroatoms. The molecule has 0 unspecified atom stereocenters. The minimum absolute atomic E-state index is 0.0172. The predicted octanol–water partition coefficient (Wildman–Crippen LogP) is 0.685. The number of primary amides is 2. The van der Waals surface area contributed by atoms with Crippen LogP contribution in [0.5, 0.6) is 0 Å². The van der Waals surface area contributed by atoms with Gasteiger partial charge >= 0.3 is 0 Å². The van der Waals surface area contributed by atoms with Gasteiger partial charge in [-0.2, -0.15) is 0 Å². The second kappa shape index (κ2) is 5.86. The molecule has 2 rings (SSSR count). The molecular formula is C14H13N3O4S. The standard InChI is InChI=1S/C14H13N3O4S/c15-13(18)9-1-5-11(6-2-9)17-22(20,21)12-7-3-10(4-8-12)14(16)19/h1-8,17H,(H2,15,18)(H2,16,19). The average molecular weight is 319 g/mol. The summed E-state index contributed by atoms with van der Waals surface area (Å²) in [6, 6.07) is 10.9. The van der Waals surface area contributed by atoms with Gasteiger partial charge in [0.15, 0.2) is 0 Å². The smallest absolute Gasteiger partial charge is 0.261 e. The van der Waals surface area contributed by atoms with Gasteiger partial charge in [0, 0.05) is 16.8 Å². The predicted molar refractivity (Wildman–Crippen MR) is 80.7 cm³/mol. The van der Waals surface area contributed by atoms with Crippen molar-refractivity contribution in [1.29, 1.82) is 0 Å². The number of nitrogens with one attached hydrogen (secondary N) is 1. The van der Waals surface area contributed by atoms with Gasteiger partial charge in [-0.3, -0.25) is 14.3 Å². The van der Waals surface area contributed by atoms with Gasteiger partial charge in [0.1, 0.15) is 0 Å². The number of rotatable bonds is 5. The van der Waals surface area contributed by atoms with Crippen LogP contribution in [-0.2, 0) is 10.0 Å². The van der Waals surface area contributed by atoms with Gasteiger partial charge in [-0.25, -0.2) is 8.42 Å². The maximum Gasteiger partial charge on any atom is 0.261 e. The molecule has 2 amide bonds. The highest BCUT2D eigenvalue weighted by Crippen LogP contribution is 2.17. The van der Waals surface area contributed by atoms with Gasteiger partial charge in [-0.1, -0.05) is 0 Å². The summed E-state index contributed by atoms with van der Waals surface area (Å²) in [6.07, 6.45) is 0. The van der Waals surface area contributed by atoms with Crippen molar-refractivity contribution in [3.63, 3.8) is 0 Å². The van der Waals surface area contributed by atoms with E-state index in [4.69, 9.17) is 11.5 Å². The van der Waals surface area contributed by atoms with Gasteiger partial charge < -0.3 is 11.5 Å². The fourth-order valence-corrected chi connectivity index (χ4v) is 2.77. The number of anilines is 1. The van der Waals surface area contributed by atoms with Crippen LogP contribution in [0.4, 0.5) is 5.69 Å². The lowest BCUT2D eigenvalue weighted by atomic mass is 10.2. The molecule has 0 aliphatic heterocycles. The summed E-state index contributed by atoms with van der Waals surface area (Å²) in [4.78, 5) is 21.9. The maximum absolute atomic E-state index is 12.2. The molecule has 0 aliphatic carbocycles. The average Bonchev–Trinajstić information content (AvgIpc) is 2.47. The molecule has 0 fully saturated rings. The van der Waals surface area contributed by atoms with Crippen LogP contribution in [0.3, 0.4) is 0 Å². The molecule has 0 spiro atoms. The zero-order chi connectivity index (χ0) is 16.3. The van der Waals surface area contributed by atoms with Crippen molar-refractivity contribution in [3.05, 3.63) is 59.7 Å². The number of hydrogen-bond donors (Lipinski definition) is 3. The molecule has 0 saturated carbocycles. The largest absolute Gasteiger partial charge is 0.366 e. The number of amides is 2. The lowest BCUT2D eigenvalue weighted by molar-refractivity contribution is 0.0992. The van der Waals surface area contributed by atoms with Crippen molar-refractivity contribution >= 4 is 27.5 Å². The Balaban J connectivity index is 2.23. The molecule has 0 bridgehead atoms. The van der Waals surface area contributed by atoms with Crippen LogP contribution in [0.15, 0.2) is 53.4 Å². The zero-order valence-electron chi connectivity index (χ0n) is 11.3. The van der Waals surface area contributed by atoms with Crippen LogP contribution in [0.1, 0.15) is 20.7 Å². The van der Waals surface area contributed by atoms with Crippen LogP contribution in [-0.4, -0.2) is 20.2 Å². The van der Waals surface area contributed by atoms with Gasteiger partial charge in [0.2, 0.25) is 11.8 Å². The lowest BCUT2D eigenvalue weighted by Crippen LogP contribution is -2.15. The first-order valence-electron chi connectivity index (χ1n) is 6.12. The van der Waals surface area contributed by atoms with Crippen molar-refractivity contribution in [2.24, 2.45) is 11.5 Å². The molecule has 7 nitrogen and oxygen atoms in total. The second-order valence-corrected chi connectivity index (χ2v) is 6.12. The van der Waals surface area contributed by atoms with E-state index in [1.165, 1.54) is 48.5 Å². The topological polar surface area (TPSA) is 132 Å². The number of carbonyl (C=O) groups excluding carboxylic acids is 2. The number of nitrogens with two attached hydrogens (primary N) is 2. The minimum atomic E-state index is -3.81. The summed E-state index contributed by atoms with van der Waals surface area (Å²) in [5, 5.41) is 0. The van der Waals surface area contributed by atoms with Gasteiger partial charge in [-0.15, -0.1) is 0 Å². The monoisotopic (exact) mass is 319 g/mol. The number of carbonyl (C=O) groups is 2. The Labute approximate surface area is 127 Å². The first kappa shape index (κ1) is 15.5. The normalized spacial score (nSPS) is 10.9. The molecule has 0 radical (unpaired) electrons. The van der Waals surface area contributed by atoms with Crippen LogP contribution < -0.4 is 16.2 Å². The van der Waals surface area contributed by atoms with Gasteiger partial charge in [0.25, 0.3) is 10.0 Å². The molecule has 114 valence electrons. The summed E-state index contributed by atoms with van der Waals surface area (Å²) in [7, 11) is -3.81. The minimum Gasteiger partial charge on any atom is -0.366 e. The van der Waals surface area contributed by atoms with Crippen LogP contribution in [0.2, 0.25) is 0 Å². The van der Waals surface area contributed by atoms with Crippen molar-refractivity contribution in [2.75, 3.05) is 4.72 Å². The van der Waals surface area contributed by atoms with E-state index in [0.717, 1.165) is 0 Å². The molecule has 22 heavy (non-hydrogen) atoms. The van der Waals surface area contributed by atoms with Crippen LogP contribution >= 0.6 is 0 Å². The highest BCUT2D eigenvalue weighted by Gasteiger charge is 2.15. The third kappa shape index (κ3) is 3.41. The van der Waals surface area contributed by atoms with E-state index in [0.29, 0.717) is 0 Å². The van der Waals surface area contributed by atoms with Crippen LogP contribution in [0, 0.1) is 0 Å². The summed E-state index contributed by atoms with van der Waals surface area (Å²) in [5.41, 5.74) is 11.0. The number of sulfonamides is 1. The third-order valence-corrected chi connectivity index (χ3v) is 4.27. The molecule has 0 saturated heterocycles. The van der Waals surface area contributed by atoms with E-state index < -0.39 is 21.8 Å². The molecule has 5 N–H and O–H groups in total. The van der Waals surface area contributed by atoms with E-state index in [9.17, 15) is 18.0 Å². The SMILES string of the molecule is NC(=O)c1ccc(NS(=O)(=O)c2ccc(C(N)=O)cc2)cc1. The number of hydrogen-bond acceptors (Lipinski definition) is 4. The number of benzene rings is 2. The summed E-state index contributed by atoms with van der Waals surface area (Å²) < 4.78 is 26.7. The Bertz CT molecular complexity index is 812.